The summed E-state index contributed by atoms with van der Waals surface area (Å²) in [7, 11) is 1.35. The maximum absolute atomic E-state index is 12.8. The zero-order chi connectivity index (χ0) is 14.9. The van der Waals surface area contributed by atoms with Crippen molar-refractivity contribution in [1.29, 1.82) is 0 Å². The van der Waals surface area contributed by atoms with E-state index >= 15 is 0 Å². The van der Waals surface area contributed by atoms with E-state index in [1.165, 1.54) is 12.7 Å². The number of rotatable bonds is 3. The van der Waals surface area contributed by atoms with Crippen LogP contribution in [0.2, 0.25) is 0 Å². The second kappa shape index (κ2) is 5.60. The summed E-state index contributed by atoms with van der Waals surface area (Å²) in [6, 6.07) is 10.3. The second-order valence-electron chi connectivity index (χ2n) is 6.10. The number of ketones is 1. The molecule has 2 fully saturated rings. The van der Waals surface area contributed by atoms with Gasteiger partial charge in [0.25, 0.3) is 0 Å². The zero-order valence-electron chi connectivity index (χ0n) is 12.3. The van der Waals surface area contributed by atoms with Crippen molar-refractivity contribution in [2.45, 2.75) is 31.7 Å². The molecule has 21 heavy (non-hydrogen) atoms. The van der Waals surface area contributed by atoms with Gasteiger partial charge in [-0.3, -0.25) is 9.59 Å². The topological polar surface area (TPSA) is 55.4 Å². The normalized spacial score (nSPS) is 27.2. The monoisotopic (exact) mass is 287 g/mol. The summed E-state index contributed by atoms with van der Waals surface area (Å²) in [6.07, 6.45) is 3.65. The Labute approximate surface area is 124 Å². The minimum Gasteiger partial charge on any atom is -0.468 e. The minimum absolute atomic E-state index is 0.0836. The molecule has 4 nitrogen and oxygen atoms in total. The van der Waals surface area contributed by atoms with E-state index in [9.17, 15) is 9.59 Å². The fraction of sp³-hybridized carbons (Fsp3) is 0.529. The van der Waals surface area contributed by atoms with Gasteiger partial charge in [0, 0.05) is 18.0 Å². The van der Waals surface area contributed by atoms with Gasteiger partial charge in [-0.2, -0.15) is 0 Å². The van der Waals surface area contributed by atoms with Crippen LogP contribution >= 0.6 is 0 Å². The van der Waals surface area contributed by atoms with Gasteiger partial charge in [-0.1, -0.05) is 36.8 Å². The van der Waals surface area contributed by atoms with Crippen LogP contribution < -0.4 is 5.32 Å². The van der Waals surface area contributed by atoms with Crippen LogP contribution in [0.15, 0.2) is 30.3 Å². The van der Waals surface area contributed by atoms with Gasteiger partial charge in [0.05, 0.1) is 7.11 Å². The highest BCUT2D eigenvalue weighted by molar-refractivity contribution is 6.03. The van der Waals surface area contributed by atoms with E-state index in [2.05, 4.69) is 17.4 Å². The summed E-state index contributed by atoms with van der Waals surface area (Å²) in [5, 5.41) is 3.43. The average molecular weight is 287 g/mol. The molecule has 4 heteroatoms. The number of hydrogen-bond acceptors (Lipinski definition) is 4. The number of nitrogens with one attached hydrogen (secondary N) is 1. The standard InChI is InChI=1S/C17H21NO3/c1-21-16(20)13-11-18-14(10-12-6-3-2-4-7-12)17(15(13)19)8-5-9-17/h2-4,6-7,13-14,18H,5,8-11H2,1H3. The number of piperidine rings is 1. The van der Waals surface area contributed by atoms with Crippen molar-refractivity contribution in [3.05, 3.63) is 35.9 Å². The average Bonchev–Trinajstić information content (AvgIpc) is 2.46. The van der Waals surface area contributed by atoms with Crippen molar-refractivity contribution in [1.82, 2.24) is 5.32 Å². The summed E-state index contributed by atoms with van der Waals surface area (Å²) in [5.41, 5.74) is 0.859. The van der Waals surface area contributed by atoms with Crippen molar-refractivity contribution in [2.75, 3.05) is 13.7 Å². The predicted molar refractivity (Wildman–Crippen MR) is 78.7 cm³/mol. The Balaban J connectivity index is 1.80. The predicted octanol–water partition coefficient (Wildman–Crippen LogP) is 1.73. The molecule has 1 aliphatic carbocycles. The molecule has 1 aromatic rings. The molecule has 1 aliphatic heterocycles. The van der Waals surface area contributed by atoms with E-state index in [1.807, 2.05) is 18.2 Å². The Morgan fingerprint density at radius 1 is 1.33 bits per heavy atom. The van der Waals surface area contributed by atoms with E-state index in [0.29, 0.717) is 6.54 Å². The lowest BCUT2D eigenvalue weighted by Gasteiger charge is -2.51. The lowest BCUT2D eigenvalue weighted by molar-refractivity contribution is -0.159. The molecule has 1 saturated carbocycles. The third kappa shape index (κ3) is 2.38. The maximum atomic E-state index is 12.8. The van der Waals surface area contributed by atoms with Crippen molar-refractivity contribution < 1.29 is 14.3 Å². The summed E-state index contributed by atoms with van der Waals surface area (Å²) >= 11 is 0. The molecule has 1 spiro atoms. The number of carbonyl (C=O) groups excluding carboxylic acids is 2. The van der Waals surface area contributed by atoms with Crippen molar-refractivity contribution in [3.63, 3.8) is 0 Å². The number of ether oxygens (including phenoxy) is 1. The number of Topliss-reactive ketones (excluding diaryl/α,β-unsaturated/α-hetero) is 1. The highest BCUT2D eigenvalue weighted by atomic mass is 16.5. The van der Waals surface area contributed by atoms with Gasteiger partial charge in [0.2, 0.25) is 0 Å². The number of methoxy groups -OCH3 is 1. The smallest absolute Gasteiger partial charge is 0.317 e. The van der Waals surface area contributed by atoms with Gasteiger partial charge < -0.3 is 10.1 Å². The Morgan fingerprint density at radius 2 is 2.05 bits per heavy atom. The van der Waals surface area contributed by atoms with Crippen molar-refractivity contribution in [3.8, 4) is 0 Å². The first-order chi connectivity index (χ1) is 10.2. The van der Waals surface area contributed by atoms with Gasteiger partial charge in [0.15, 0.2) is 5.78 Å². The lowest BCUT2D eigenvalue weighted by atomic mass is 9.56. The van der Waals surface area contributed by atoms with Crippen LogP contribution in [0.1, 0.15) is 24.8 Å². The Morgan fingerprint density at radius 3 is 2.62 bits per heavy atom. The summed E-state index contributed by atoms with van der Waals surface area (Å²) in [4.78, 5) is 24.6. The fourth-order valence-corrected chi connectivity index (χ4v) is 3.67. The van der Waals surface area contributed by atoms with Gasteiger partial charge in [-0.25, -0.2) is 0 Å². The van der Waals surface area contributed by atoms with E-state index in [4.69, 9.17) is 4.74 Å². The molecule has 1 saturated heterocycles. The Hall–Kier alpha value is -1.68. The molecular weight excluding hydrogens is 266 g/mol. The molecular formula is C17H21NO3. The first-order valence-electron chi connectivity index (χ1n) is 7.57. The van der Waals surface area contributed by atoms with Crippen LogP contribution in [0.25, 0.3) is 0 Å². The van der Waals surface area contributed by atoms with E-state index in [-0.39, 0.29) is 17.2 Å². The second-order valence-corrected chi connectivity index (χ2v) is 6.10. The number of carbonyl (C=O) groups is 2. The Kier molecular flexibility index (Phi) is 3.81. The SMILES string of the molecule is COC(=O)C1CNC(Cc2ccccc2)C2(CCC2)C1=O. The molecule has 0 bridgehead atoms. The van der Waals surface area contributed by atoms with Crippen molar-refractivity contribution in [2.24, 2.45) is 11.3 Å². The Bertz CT molecular complexity index is 536. The quantitative estimate of drug-likeness (QED) is 0.679. The highest BCUT2D eigenvalue weighted by Crippen LogP contribution is 2.49. The molecule has 1 aromatic carbocycles. The van der Waals surface area contributed by atoms with Crippen LogP contribution in [0.3, 0.4) is 0 Å². The molecule has 0 aromatic heterocycles. The molecule has 1 N–H and O–H groups in total. The summed E-state index contributed by atoms with van der Waals surface area (Å²) < 4.78 is 4.78. The molecule has 112 valence electrons. The largest absolute Gasteiger partial charge is 0.468 e. The number of esters is 1. The van der Waals surface area contributed by atoms with E-state index in [1.54, 1.807) is 0 Å². The van der Waals surface area contributed by atoms with Gasteiger partial charge in [-0.15, -0.1) is 0 Å². The molecule has 2 aliphatic rings. The van der Waals surface area contributed by atoms with E-state index < -0.39 is 11.9 Å². The third-order valence-corrected chi connectivity index (χ3v) is 5.06. The van der Waals surface area contributed by atoms with Gasteiger partial charge in [-0.05, 0) is 24.8 Å². The third-order valence-electron chi connectivity index (χ3n) is 5.06. The molecule has 1 heterocycles. The summed E-state index contributed by atoms with van der Waals surface area (Å²) in [5.74, 6) is -0.959. The van der Waals surface area contributed by atoms with Crippen LogP contribution in [0.5, 0.6) is 0 Å². The van der Waals surface area contributed by atoms with Crippen molar-refractivity contribution >= 4 is 11.8 Å². The van der Waals surface area contributed by atoms with Crippen LogP contribution in [-0.4, -0.2) is 31.4 Å². The number of hydrogen-bond donors (Lipinski definition) is 1. The minimum atomic E-state index is -0.637. The first kappa shape index (κ1) is 14.3. The molecule has 2 unspecified atom stereocenters. The van der Waals surface area contributed by atoms with Gasteiger partial charge >= 0.3 is 5.97 Å². The number of benzene rings is 1. The molecule has 2 atom stereocenters. The zero-order valence-corrected chi connectivity index (χ0v) is 12.3. The van der Waals surface area contributed by atoms with E-state index in [0.717, 1.165) is 25.7 Å². The summed E-state index contributed by atoms with van der Waals surface area (Å²) in [6.45, 7) is 0.394. The van der Waals surface area contributed by atoms with Crippen LogP contribution in [0.4, 0.5) is 0 Å². The molecule has 0 radical (unpaired) electrons. The molecule has 3 rings (SSSR count). The van der Waals surface area contributed by atoms with Crippen LogP contribution in [0, 0.1) is 11.3 Å². The van der Waals surface area contributed by atoms with Gasteiger partial charge in [0.1, 0.15) is 5.92 Å². The fourth-order valence-electron chi connectivity index (χ4n) is 3.67. The first-order valence-corrected chi connectivity index (χ1v) is 7.57. The lowest BCUT2D eigenvalue weighted by Crippen LogP contribution is -2.64. The van der Waals surface area contributed by atoms with Crippen LogP contribution in [-0.2, 0) is 20.7 Å². The highest BCUT2D eigenvalue weighted by Gasteiger charge is 2.56. The molecule has 0 amide bonds. The maximum Gasteiger partial charge on any atom is 0.317 e.